The number of halogens is 1. The van der Waals surface area contributed by atoms with E-state index in [9.17, 15) is 8.42 Å². The van der Waals surface area contributed by atoms with Crippen LogP contribution < -0.4 is 11.6 Å². The summed E-state index contributed by atoms with van der Waals surface area (Å²) < 4.78 is 21.5. The highest BCUT2D eigenvalue weighted by Crippen LogP contribution is 2.12. The SMILES string of the molecule is CCCN(N)/C(=C\N)S(=O)(=O)Cl. The third-order valence-corrected chi connectivity index (χ3v) is 2.48. The van der Waals surface area contributed by atoms with Gasteiger partial charge >= 0.3 is 0 Å². The first-order chi connectivity index (χ1) is 5.43. The predicted octanol–water partition coefficient (Wildman–Crippen LogP) is -0.102. The number of nitrogens with two attached hydrogens (primary N) is 2. The van der Waals surface area contributed by atoms with Crippen LogP contribution in [0.25, 0.3) is 0 Å². The fraction of sp³-hybridized carbons (Fsp3) is 0.600. The highest BCUT2D eigenvalue weighted by atomic mass is 35.7. The maximum Gasteiger partial charge on any atom is 0.279 e. The molecule has 0 aromatic carbocycles. The van der Waals surface area contributed by atoms with E-state index in [1.54, 1.807) is 0 Å². The van der Waals surface area contributed by atoms with Crippen molar-refractivity contribution in [2.75, 3.05) is 6.54 Å². The average molecular weight is 214 g/mol. The summed E-state index contributed by atoms with van der Waals surface area (Å²) in [6.07, 6.45) is 1.58. The number of hydrazine groups is 1. The van der Waals surface area contributed by atoms with E-state index in [4.69, 9.17) is 22.3 Å². The molecule has 0 aliphatic carbocycles. The van der Waals surface area contributed by atoms with Crippen LogP contribution >= 0.6 is 10.7 Å². The molecule has 0 aliphatic heterocycles. The minimum Gasteiger partial charge on any atom is -0.402 e. The summed E-state index contributed by atoms with van der Waals surface area (Å²) in [5, 5.41) is 0.730. The van der Waals surface area contributed by atoms with Crippen molar-refractivity contribution in [1.82, 2.24) is 5.01 Å². The summed E-state index contributed by atoms with van der Waals surface area (Å²) in [7, 11) is 1.21. The van der Waals surface area contributed by atoms with Crippen LogP contribution in [0, 0.1) is 0 Å². The molecule has 0 fully saturated rings. The molecule has 0 aliphatic rings. The van der Waals surface area contributed by atoms with E-state index in [0.29, 0.717) is 13.0 Å². The third-order valence-electron chi connectivity index (χ3n) is 1.14. The van der Waals surface area contributed by atoms with E-state index in [0.717, 1.165) is 11.2 Å². The van der Waals surface area contributed by atoms with Gasteiger partial charge in [-0.15, -0.1) is 0 Å². The molecule has 0 rings (SSSR count). The van der Waals surface area contributed by atoms with Crippen molar-refractivity contribution in [3.8, 4) is 0 Å². The molecule has 0 spiro atoms. The van der Waals surface area contributed by atoms with Crippen molar-refractivity contribution in [2.24, 2.45) is 11.6 Å². The molecule has 0 unspecified atom stereocenters. The second-order valence-electron chi connectivity index (χ2n) is 2.14. The molecular formula is C5H12ClN3O2S. The molecule has 0 radical (unpaired) electrons. The third kappa shape index (κ3) is 3.29. The lowest BCUT2D eigenvalue weighted by atomic mass is 10.5. The Bertz CT molecular complexity index is 262. The van der Waals surface area contributed by atoms with Gasteiger partial charge in [-0.05, 0) is 6.42 Å². The van der Waals surface area contributed by atoms with Crippen molar-refractivity contribution in [2.45, 2.75) is 13.3 Å². The van der Waals surface area contributed by atoms with Gasteiger partial charge in [-0.25, -0.2) is 14.3 Å². The van der Waals surface area contributed by atoms with Crippen LogP contribution in [0.4, 0.5) is 0 Å². The summed E-state index contributed by atoms with van der Waals surface area (Å²) in [6, 6.07) is 0. The highest BCUT2D eigenvalue weighted by Gasteiger charge is 2.17. The number of rotatable bonds is 4. The smallest absolute Gasteiger partial charge is 0.279 e. The summed E-state index contributed by atoms with van der Waals surface area (Å²) in [5.41, 5.74) is 5.04. The maximum atomic E-state index is 10.8. The minimum atomic E-state index is -3.83. The molecule has 0 aromatic heterocycles. The van der Waals surface area contributed by atoms with Crippen LogP contribution in [0.5, 0.6) is 0 Å². The van der Waals surface area contributed by atoms with Crippen LogP contribution in [0.1, 0.15) is 13.3 Å². The largest absolute Gasteiger partial charge is 0.402 e. The van der Waals surface area contributed by atoms with Gasteiger partial charge in [0.2, 0.25) is 0 Å². The van der Waals surface area contributed by atoms with Crippen LogP contribution in [0.15, 0.2) is 11.2 Å². The van der Waals surface area contributed by atoms with Gasteiger partial charge in [-0.3, -0.25) is 5.01 Å². The lowest BCUT2D eigenvalue weighted by molar-refractivity contribution is 0.377. The van der Waals surface area contributed by atoms with Crippen molar-refractivity contribution in [3.63, 3.8) is 0 Å². The van der Waals surface area contributed by atoms with E-state index in [1.165, 1.54) is 0 Å². The molecule has 5 nitrogen and oxygen atoms in total. The lowest BCUT2D eigenvalue weighted by Crippen LogP contribution is -2.33. The van der Waals surface area contributed by atoms with Crippen molar-refractivity contribution < 1.29 is 8.42 Å². The summed E-state index contributed by atoms with van der Waals surface area (Å²) in [4.78, 5) is 0. The Morgan fingerprint density at radius 2 is 2.17 bits per heavy atom. The van der Waals surface area contributed by atoms with Gasteiger partial charge in [0, 0.05) is 23.4 Å². The van der Waals surface area contributed by atoms with Crippen LogP contribution in [-0.2, 0) is 9.05 Å². The standard InChI is InChI=1S/C5H12ClN3O2S/c1-2-3-9(8)5(4-7)12(6,10)11/h4H,2-3,7-8H2,1H3/b5-4+. The second-order valence-corrected chi connectivity index (χ2v) is 4.65. The fourth-order valence-electron chi connectivity index (χ4n) is 0.668. The van der Waals surface area contributed by atoms with Crippen LogP contribution in [0.3, 0.4) is 0 Å². The van der Waals surface area contributed by atoms with E-state index in [2.05, 4.69) is 0 Å². The molecule has 4 N–H and O–H groups in total. The summed E-state index contributed by atoms with van der Waals surface area (Å²) in [6.45, 7) is 2.24. The summed E-state index contributed by atoms with van der Waals surface area (Å²) in [5.74, 6) is 5.35. The Morgan fingerprint density at radius 1 is 1.67 bits per heavy atom. The second kappa shape index (κ2) is 4.54. The quantitative estimate of drug-likeness (QED) is 0.387. The molecule has 72 valence electrons. The molecule has 0 amide bonds. The topological polar surface area (TPSA) is 89.4 Å². The van der Waals surface area contributed by atoms with E-state index < -0.39 is 9.05 Å². The van der Waals surface area contributed by atoms with Crippen molar-refractivity contribution in [3.05, 3.63) is 11.2 Å². The number of hydrogen-bond donors (Lipinski definition) is 2. The predicted molar refractivity (Wildman–Crippen MR) is 48.2 cm³/mol. The van der Waals surface area contributed by atoms with Gasteiger partial charge in [0.25, 0.3) is 9.05 Å². The van der Waals surface area contributed by atoms with Gasteiger partial charge in [-0.2, -0.15) is 0 Å². The Morgan fingerprint density at radius 3 is 2.42 bits per heavy atom. The number of hydrogen-bond acceptors (Lipinski definition) is 5. The first kappa shape index (κ1) is 11.5. The first-order valence-corrected chi connectivity index (χ1v) is 5.63. The molecular weight excluding hydrogens is 202 g/mol. The Balaban J connectivity index is 4.61. The molecule has 0 saturated carbocycles. The van der Waals surface area contributed by atoms with Crippen LogP contribution in [-0.4, -0.2) is 20.0 Å². The molecule has 0 bridgehead atoms. The van der Waals surface area contributed by atoms with E-state index >= 15 is 0 Å². The minimum absolute atomic E-state index is 0.272. The van der Waals surface area contributed by atoms with Gasteiger partial charge < -0.3 is 5.73 Å². The first-order valence-electron chi connectivity index (χ1n) is 3.32. The van der Waals surface area contributed by atoms with Crippen molar-refractivity contribution >= 4 is 19.7 Å². The average Bonchev–Trinajstić information content (AvgIpc) is 1.85. The van der Waals surface area contributed by atoms with Gasteiger partial charge in [-0.1, -0.05) is 6.92 Å². The maximum absolute atomic E-state index is 10.8. The molecule has 0 heterocycles. The van der Waals surface area contributed by atoms with Gasteiger partial charge in [0.15, 0.2) is 5.03 Å². The normalized spacial score (nSPS) is 13.1. The van der Waals surface area contributed by atoms with E-state index in [1.807, 2.05) is 6.92 Å². The van der Waals surface area contributed by atoms with Crippen LogP contribution in [0.2, 0.25) is 0 Å². The zero-order valence-electron chi connectivity index (χ0n) is 6.70. The van der Waals surface area contributed by atoms with E-state index in [-0.39, 0.29) is 5.03 Å². The van der Waals surface area contributed by atoms with Crippen molar-refractivity contribution in [1.29, 1.82) is 0 Å². The lowest BCUT2D eigenvalue weighted by Gasteiger charge is -2.17. The fourth-order valence-corrected chi connectivity index (χ4v) is 1.62. The molecule has 0 aromatic rings. The number of nitrogens with zero attached hydrogens (tertiary/aromatic N) is 1. The van der Waals surface area contributed by atoms with Gasteiger partial charge in [0.05, 0.1) is 0 Å². The van der Waals surface area contributed by atoms with Gasteiger partial charge in [0.1, 0.15) is 0 Å². The monoisotopic (exact) mass is 213 g/mol. The molecule has 7 heteroatoms. The Labute approximate surface area is 76.4 Å². The molecule has 0 saturated heterocycles. The molecule has 0 atom stereocenters. The zero-order valence-corrected chi connectivity index (χ0v) is 8.27. The summed E-state index contributed by atoms with van der Waals surface area (Å²) >= 11 is 0. The molecule has 12 heavy (non-hydrogen) atoms. The Hall–Kier alpha value is -0.460. The highest BCUT2D eigenvalue weighted by molar-refractivity contribution is 8.16. The zero-order chi connectivity index (χ0) is 9.78. The Kier molecular flexibility index (Phi) is 4.36.